The molecule has 1 aromatic rings. The fraction of sp³-hybridized carbons (Fsp3) is 0.769. The number of aromatic nitrogens is 1. The molecule has 0 fully saturated rings. The molecule has 0 unspecified atom stereocenters. The Labute approximate surface area is 110 Å². The molecular weight excluding hydrogens is 230 g/mol. The normalized spacial score (nSPS) is 12.4. The standard InChI is InChI=1S/C13H25N3O2/c1-10(2)14-7-11-8-17-12(15-11)18-9-13(3,4)16(5)6/h8,10,14H,7,9H2,1-6H3. The van der Waals surface area contributed by atoms with Crippen molar-refractivity contribution in [3.05, 3.63) is 12.0 Å². The van der Waals surface area contributed by atoms with Gasteiger partial charge in [0.1, 0.15) is 12.9 Å². The van der Waals surface area contributed by atoms with Gasteiger partial charge in [0, 0.05) is 18.1 Å². The van der Waals surface area contributed by atoms with Gasteiger partial charge >= 0.3 is 6.08 Å². The van der Waals surface area contributed by atoms with Gasteiger partial charge in [-0.15, -0.1) is 0 Å². The number of ether oxygens (including phenoxy) is 1. The first-order valence-electron chi connectivity index (χ1n) is 6.29. The van der Waals surface area contributed by atoms with Crippen LogP contribution in [0, 0.1) is 0 Å². The van der Waals surface area contributed by atoms with Gasteiger partial charge in [-0.1, -0.05) is 13.8 Å². The lowest BCUT2D eigenvalue weighted by Crippen LogP contribution is -2.43. The predicted octanol–water partition coefficient (Wildman–Crippen LogP) is 1.89. The van der Waals surface area contributed by atoms with Gasteiger partial charge in [-0.3, -0.25) is 0 Å². The second-order valence-electron chi connectivity index (χ2n) is 5.64. The molecule has 5 heteroatoms. The number of oxazole rings is 1. The van der Waals surface area contributed by atoms with E-state index in [-0.39, 0.29) is 5.54 Å². The smallest absolute Gasteiger partial charge is 0.393 e. The summed E-state index contributed by atoms with van der Waals surface area (Å²) in [5, 5.41) is 3.28. The Bertz CT molecular complexity index is 359. The lowest BCUT2D eigenvalue weighted by atomic mass is 10.1. The van der Waals surface area contributed by atoms with E-state index in [9.17, 15) is 0 Å². The number of nitrogens with zero attached hydrogens (tertiary/aromatic N) is 2. The van der Waals surface area contributed by atoms with E-state index in [1.165, 1.54) is 0 Å². The molecule has 1 rings (SSSR count). The molecule has 1 heterocycles. The third-order valence-electron chi connectivity index (χ3n) is 2.98. The van der Waals surface area contributed by atoms with Crippen LogP contribution in [0.3, 0.4) is 0 Å². The van der Waals surface area contributed by atoms with Crippen LogP contribution in [0.2, 0.25) is 0 Å². The number of likely N-dealkylation sites (N-methyl/N-ethyl adjacent to an activating group) is 1. The number of hydrogen-bond acceptors (Lipinski definition) is 5. The van der Waals surface area contributed by atoms with Crippen LogP contribution in [0.5, 0.6) is 6.08 Å². The van der Waals surface area contributed by atoms with Crippen molar-refractivity contribution in [1.82, 2.24) is 15.2 Å². The maximum absolute atomic E-state index is 5.57. The van der Waals surface area contributed by atoms with Crippen LogP contribution in [-0.2, 0) is 6.54 Å². The van der Waals surface area contributed by atoms with Crippen molar-refractivity contribution in [2.24, 2.45) is 0 Å². The molecule has 0 saturated heterocycles. The van der Waals surface area contributed by atoms with E-state index in [0.717, 1.165) is 5.69 Å². The maximum Gasteiger partial charge on any atom is 0.393 e. The Hall–Kier alpha value is -1.07. The molecule has 0 bridgehead atoms. The molecule has 0 spiro atoms. The van der Waals surface area contributed by atoms with Gasteiger partial charge in [0.25, 0.3) is 0 Å². The summed E-state index contributed by atoms with van der Waals surface area (Å²) in [5.41, 5.74) is 0.812. The van der Waals surface area contributed by atoms with E-state index in [0.29, 0.717) is 25.3 Å². The topological polar surface area (TPSA) is 50.5 Å². The number of nitrogens with one attached hydrogen (secondary N) is 1. The van der Waals surface area contributed by atoms with Crippen molar-refractivity contribution in [1.29, 1.82) is 0 Å². The van der Waals surface area contributed by atoms with Crippen LogP contribution in [0.25, 0.3) is 0 Å². The van der Waals surface area contributed by atoms with E-state index in [1.54, 1.807) is 6.26 Å². The van der Waals surface area contributed by atoms with E-state index >= 15 is 0 Å². The summed E-state index contributed by atoms with van der Waals surface area (Å²) in [4.78, 5) is 6.38. The predicted molar refractivity (Wildman–Crippen MR) is 71.7 cm³/mol. The third kappa shape index (κ3) is 4.66. The zero-order valence-electron chi connectivity index (χ0n) is 12.3. The highest BCUT2D eigenvalue weighted by molar-refractivity contribution is 5.00. The Balaban J connectivity index is 2.44. The zero-order chi connectivity index (χ0) is 13.8. The van der Waals surface area contributed by atoms with Crippen molar-refractivity contribution in [3.63, 3.8) is 0 Å². The molecule has 0 radical (unpaired) electrons. The summed E-state index contributed by atoms with van der Waals surface area (Å²) < 4.78 is 10.9. The Kier molecular flexibility index (Phi) is 5.16. The zero-order valence-corrected chi connectivity index (χ0v) is 12.3. The third-order valence-corrected chi connectivity index (χ3v) is 2.98. The van der Waals surface area contributed by atoms with Gasteiger partial charge in [-0.05, 0) is 27.9 Å². The minimum Gasteiger partial charge on any atom is -0.448 e. The van der Waals surface area contributed by atoms with Crippen molar-refractivity contribution >= 4 is 0 Å². The largest absolute Gasteiger partial charge is 0.448 e. The fourth-order valence-electron chi connectivity index (χ4n) is 1.11. The van der Waals surface area contributed by atoms with E-state index in [1.807, 2.05) is 14.1 Å². The molecule has 1 aromatic heterocycles. The highest BCUT2D eigenvalue weighted by atomic mass is 16.6. The molecule has 0 aliphatic carbocycles. The van der Waals surface area contributed by atoms with E-state index in [4.69, 9.17) is 9.15 Å². The quantitative estimate of drug-likeness (QED) is 0.806. The summed E-state index contributed by atoms with van der Waals surface area (Å²) in [6.07, 6.45) is 1.97. The van der Waals surface area contributed by atoms with Crippen LogP contribution in [0.15, 0.2) is 10.7 Å². The molecule has 5 nitrogen and oxygen atoms in total. The van der Waals surface area contributed by atoms with Crippen molar-refractivity contribution in [3.8, 4) is 6.08 Å². The van der Waals surface area contributed by atoms with E-state index in [2.05, 4.69) is 42.9 Å². The fourth-order valence-corrected chi connectivity index (χ4v) is 1.11. The van der Waals surface area contributed by atoms with Crippen LogP contribution < -0.4 is 10.1 Å². The first-order valence-corrected chi connectivity index (χ1v) is 6.29. The summed E-state index contributed by atoms with van der Waals surface area (Å²) in [5.74, 6) is 0. The first-order chi connectivity index (χ1) is 8.31. The lowest BCUT2D eigenvalue weighted by Gasteiger charge is -2.31. The first kappa shape index (κ1) is 15.0. The van der Waals surface area contributed by atoms with Gasteiger partial charge in [0.15, 0.2) is 0 Å². The van der Waals surface area contributed by atoms with E-state index < -0.39 is 0 Å². The van der Waals surface area contributed by atoms with Crippen molar-refractivity contribution in [2.75, 3.05) is 20.7 Å². The van der Waals surface area contributed by atoms with Crippen LogP contribution in [0.1, 0.15) is 33.4 Å². The minimum absolute atomic E-state index is 0.0508. The molecule has 0 aliphatic rings. The molecule has 18 heavy (non-hydrogen) atoms. The molecule has 0 saturated carbocycles. The van der Waals surface area contributed by atoms with Gasteiger partial charge in [-0.2, -0.15) is 4.98 Å². The minimum atomic E-state index is -0.0508. The molecule has 0 aromatic carbocycles. The number of rotatable bonds is 7. The highest BCUT2D eigenvalue weighted by Crippen LogP contribution is 2.15. The SMILES string of the molecule is CC(C)NCc1coc(OCC(C)(C)N(C)C)n1. The van der Waals surface area contributed by atoms with Gasteiger partial charge in [0.2, 0.25) is 0 Å². The molecule has 104 valence electrons. The molecule has 0 atom stereocenters. The molecular formula is C13H25N3O2. The number of hydrogen-bond donors (Lipinski definition) is 1. The van der Waals surface area contributed by atoms with Crippen molar-refractivity contribution in [2.45, 2.75) is 45.8 Å². The lowest BCUT2D eigenvalue weighted by molar-refractivity contribution is 0.0928. The summed E-state index contributed by atoms with van der Waals surface area (Å²) in [7, 11) is 4.05. The summed E-state index contributed by atoms with van der Waals surface area (Å²) in [6.45, 7) is 9.64. The second-order valence-corrected chi connectivity index (χ2v) is 5.64. The average molecular weight is 255 g/mol. The monoisotopic (exact) mass is 255 g/mol. The molecule has 0 aliphatic heterocycles. The molecule has 0 amide bonds. The Morgan fingerprint density at radius 3 is 2.67 bits per heavy atom. The van der Waals surface area contributed by atoms with Crippen LogP contribution >= 0.6 is 0 Å². The Morgan fingerprint density at radius 1 is 1.44 bits per heavy atom. The summed E-state index contributed by atoms with van der Waals surface area (Å²) >= 11 is 0. The Morgan fingerprint density at radius 2 is 2.11 bits per heavy atom. The van der Waals surface area contributed by atoms with Gasteiger partial charge in [0.05, 0.1) is 5.69 Å². The van der Waals surface area contributed by atoms with Crippen LogP contribution in [-0.4, -0.2) is 42.2 Å². The summed E-state index contributed by atoms with van der Waals surface area (Å²) in [6, 6.07) is 0.429. The van der Waals surface area contributed by atoms with Crippen molar-refractivity contribution < 1.29 is 9.15 Å². The maximum atomic E-state index is 5.57. The molecule has 1 N–H and O–H groups in total. The average Bonchev–Trinajstić information content (AvgIpc) is 2.71. The van der Waals surface area contributed by atoms with Gasteiger partial charge in [-0.25, -0.2) is 0 Å². The highest BCUT2D eigenvalue weighted by Gasteiger charge is 2.22. The second kappa shape index (κ2) is 6.20. The van der Waals surface area contributed by atoms with Gasteiger partial charge < -0.3 is 19.4 Å². The van der Waals surface area contributed by atoms with Crippen LogP contribution in [0.4, 0.5) is 0 Å².